The zero-order chi connectivity index (χ0) is 65.8. The monoisotopic (exact) mass is 1270 g/mol. The Labute approximate surface area is 574 Å². The van der Waals surface area contributed by atoms with E-state index in [1.54, 1.807) is 0 Å². The van der Waals surface area contributed by atoms with Crippen molar-refractivity contribution in [2.45, 2.75) is 13.8 Å². The van der Waals surface area contributed by atoms with E-state index in [2.05, 4.69) is 354 Å². The molecule has 7 nitrogen and oxygen atoms in total. The van der Waals surface area contributed by atoms with Gasteiger partial charge in [-0.15, -0.1) is 0 Å². The number of nitrogens with zero attached hydrogens (tertiary/aromatic N) is 7. The van der Waals surface area contributed by atoms with Crippen molar-refractivity contribution in [1.82, 2.24) is 33.2 Å². The highest BCUT2D eigenvalue weighted by atomic mass is 15.1. The zero-order valence-electron chi connectivity index (χ0n) is 54.7. The highest BCUT2D eigenvalue weighted by Crippen LogP contribution is 2.56. The van der Waals surface area contributed by atoms with Gasteiger partial charge in [-0.05, 0) is 83.4 Å². The molecule has 0 fully saturated rings. The van der Waals surface area contributed by atoms with Gasteiger partial charge in [-0.2, -0.15) is 0 Å². The number of para-hydroxylation sites is 4. The molecule has 100 heavy (non-hydrogen) atoms. The Bertz CT molecular complexity index is 6970. The highest BCUT2D eigenvalue weighted by molar-refractivity contribution is 6.26. The van der Waals surface area contributed by atoms with E-state index in [1.807, 2.05) is 0 Å². The Kier molecular flexibility index (Phi) is 12.1. The SMILES string of the molecule is Cc1cc(-c2c(-c3cc(-c4ccccc4)nc(-c4ccccc4)n3)c(-n3c4ccccc4c4ccc5ccccc5c43)c(-n3c4ccccc4c4ccc5ccccc5c43)c(-n3c4ccccc4c4ccc5ccccc5c43)c2-n2c3ccccc3c3ccc4ccccc4c32)cc(C)n1. The molecule has 0 bridgehead atoms. The van der Waals surface area contributed by atoms with E-state index in [9.17, 15) is 0 Å². The lowest BCUT2D eigenvalue weighted by atomic mass is 9.89. The van der Waals surface area contributed by atoms with Crippen LogP contribution in [0.2, 0.25) is 0 Å². The van der Waals surface area contributed by atoms with E-state index in [1.165, 1.54) is 0 Å². The molecule has 0 aliphatic carbocycles. The minimum atomic E-state index is 0.607. The maximum Gasteiger partial charge on any atom is 0.160 e. The van der Waals surface area contributed by atoms with Gasteiger partial charge in [-0.3, -0.25) is 4.98 Å². The van der Waals surface area contributed by atoms with Crippen molar-refractivity contribution in [1.29, 1.82) is 0 Å². The van der Waals surface area contributed by atoms with E-state index in [0.717, 1.165) is 204 Å². The molecule has 0 spiro atoms. The normalized spacial score (nSPS) is 12.1. The Morgan fingerprint density at radius 3 is 0.890 bits per heavy atom. The fraction of sp³-hybridized carbons (Fsp3) is 0.0215. The van der Waals surface area contributed by atoms with Gasteiger partial charge in [-0.25, -0.2) is 9.97 Å². The molecule has 6 aromatic heterocycles. The number of hydrogen-bond acceptors (Lipinski definition) is 3. The molecule has 0 unspecified atom stereocenters. The van der Waals surface area contributed by atoms with Gasteiger partial charge in [0.15, 0.2) is 5.82 Å². The second kappa shape index (κ2) is 21.6. The summed E-state index contributed by atoms with van der Waals surface area (Å²) in [5.41, 5.74) is 20.5. The minimum absolute atomic E-state index is 0.607. The van der Waals surface area contributed by atoms with Crippen LogP contribution in [0.1, 0.15) is 11.4 Å². The maximum atomic E-state index is 6.19. The van der Waals surface area contributed by atoms with Crippen molar-refractivity contribution in [3.63, 3.8) is 0 Å². The van der Waals surface area contributed by atoms with Crippen LogP contribution in [-0.2, 0) is 0 Å². The lowest BCUT2D eigenvalue weighted by Gasteiger charge is -2.32. The summed E-state index contributed by atoms with van der Waals surface area (Å²) in [6.07, 6.45) is 0. The molecule has 0 atom stereocenters. The molecular formula is C93H59N7. The summed E-state index contributed by atoms with van der Waals surface area (Å²) < 4.78 is 10.7. The molecule has 21 rings (SSSR count). The van der Waals surface area contributed by atoms with Gasteiger partial charge in [0.1, 0.15) is 0 Å². The smallest absolute Gasteiger partial charge is 0.160 e. The molecule has 0 amide bonds. The van der Waals surface area contributed by atoms with Crippen LogP contribution in [0.4, 0.5) is 0 Å². The second-order valence-electron chi connectivity index (χ2n) is 26.6. The molecule has 466 valence electrons. The molecule has 21 aromatic rings. The lowest BCUT2D eigenvalue weighted by molar-refractivity contribution is 1.03. The number of fused-ring (bicyclic) bond motifs is 20. The number of rotatable bonds is 8. The largest absolute Gasteiger partial charge is 0.306 e. The van der Waals surface area contributed by atoms with E-state index in [0.29, 0.717) is 5.82 Å². The number of aryl methyl sites for hydroxylation is 2. The summed E-state index contributed by atoms with van der Waals surface area (Å²) in [5, 5.41) is 18.2. The first-order valence-corrected chi connectivity index (χ1v) is 34.3. The zero-order valence-corrected chi connectivity index (χ0v) is 54.7. The van der Waals surface area contributed by atoms with Crippen molar-refractivity contribution < 1.29 is 0 Å². The van der Waals surface area contributed by atoms with Crippen molar-refractivity contribution in [3.05, 3.63) is 333 Å². The molecule has 15 aromatic carbocycles. The molecule has 7 heteroatoms. The third-order valence-corrected chi connectivity index (χ3v) is 21.0. The van der Waals surface area contributed by atoms with Crippen LogP contribution in [0.5, 0.6) is 0 Å². The van der Waals surface area contributed by atoms with Gasteiger partial charge in [0, 0.05) is 98.3 Å². The van der Waals surface area contributed by atoms with Gasteiger partial charge < -0.3 is 18.3 Å². The van der Waals surface area contributed by atoms with E-state index in [-0.39, 0.29) is 0 Å². The average molecular weight is 1270 g/mol. The Balaban J connectivity index is 1.18. The summed E-state index contributed by atoms with van der Waals surface area (Å²) in [7, 11) is 0. The molecule has 0 radical (unpaired) electrons. The summed E-state index contributed by atoms with van der Waals surface area (Å²) in [6, 6.07) is 119. The average Bonchev–Trinajstić information content (AvgIpc) is 1.44. The predicted octanol–water partition coefficient (Wildman–Crippen LogP) is 24.2. The van der Waals surface area contributed by atoms with E-state index < -0.39 is 0 Å². The molecule has 0 aliphatic rings. The van der Waals surface area contributed by atoms with E-state index >= 15 is 0 Å². The molecular weight excluding hydrogens is 1220 g/mol. The minimum Gasteiger partial charge on any atom is -0.306 e. The third kappa shape index (κ3) is 8.11. The maximum absolute atomic E-state index is 6.19. The quantitative estimate of drug-likeness (QED) is 0.152. The number of pyridine rings is 1. The Hall–Kier alpha value is -13.2. The van der Waals surface area contributed by atoms with Gasteiger partial charge in [0.25, 0.3) is 0 Å². The van der Waals surface area contributed by atoms with Gasteiger partial charge in [0.2, 0.25) is 0 Å². The van der Waals surface area contributed by atoms with Crippen LogP contribution < -0.4 is 0 Å². The van der Waals surface area contributed by atoms with Crippen molar-refractivity contribution in [2.24, 2.45) is 0 Å². The number of hydrogen-bond donors (Lipinski definition) is 0. The van der Waals surface area contributed by atoms with Crippen LogP contribution in [0, 0.1) is 13.8 Å². The molecule has 0 saturated carbocycles. The first-order chi connectivity index (χ1) is 49.5. The summed E-state index contributed by atoms with van der Waals surface area (Å²) in [4.78, 5) is 17.1. The van der Waals surface area contributed by atoms with Crippen LogP contribution >= 0.6 is 0 Å². The van der Waals surface area contributed by atoms with Gasteiger partial charge in [-0.1, -0.05) is 279 Å². The lowest BCUT2D eigenvalue weighted by Crippen LogP contribution is -2.17. The predicted molar refractivity (Wildman–Crippen MR) is 418 cm³/mol. The van der Waals surface area contributed by atoms with Crippen molar-refractivity contribution in [3.8, 4) is 67.8 Å². The third-order valence-electron chi connectivity index (χ3n) is 21.0. The van der Waals surface area contributed by atoms with Gasteiger partial charge >= 0.3 is 0 Å². The highest BCUT2D eigenvalue weighted by Gasteiger charge is 2.38. The number of benzene rings is 15. The van der Waals surface area contributed by atoms with Crippen molar-refractivity contribution in [2.75, 3.05) is 0 Å². The van der Waals surface area contributed by atoms with E-state index in [4.69, 9.17) is 15.0 Å². The summed E-state index contributed by atoms with van der Waals surface area (Å²) in [6.45, 7) is 4.29. The molecule has 0 saturated heterocycles. The van der Waals surface area contributed by atoms with Gasteiger partial charge in [0.05, 0.1) is 78.3 Å². The second-order valence-corrected chi connectivity index (χ2v) is 26.6. The van der Waals surface area contributed by atoms with Crippen LogP contribution in [-0.4, -0.2) is 33.2 Å². The topological polar surface area (TPSA) is 58.4 Å². The first-order valence-electron chi connectivity index (χ1n) is 34.3. The van der Waals surface area contributed by atoms with Crippen LogP contribution in [0.3, 0.4) is 0 Å². The number of aromatic nitrogens is 7. The fourth-order valence-electron chi connectivity index (χ4n) is 17.0. The molecule has 6 heterocycles. The van der Waals surface area contributed by atoms with Crippen LogP contribution in [0.15, 0.2) is 322 Å². The Morgan fingerprint density at radius 1 is 0.210 bits per heavy atom. The molecule has 0 N–H and O–H groups in total. The first kappa shape index (κ1) is 56.0. The fourth-order valence-corrected chi connectivity index (χ4v) is 17.0. The summed E-state index contributed by atoms with van der Waals surface area (Å²) in [5.74, 6) is 0.607. The Morgan fingerprint density at radius 2 is 0.510 bits per heavy atom. The standard InChI is InChI=1S/C93H59N7/c1-56-53-64(54-57(2)94-56)83-84(78-55-77(62-29-5-3-6-30-62)95-93(96-78)63-31-7-4-8-32-63)90(98-80-42-22-18-38-70(80)74-50-46-59-26-10-14-34-66(59)86(74)98)92(100-82-44-24-20-40-72(82)76-52-48-61-28-12-16-36-68(61)88(76)100)91(99-81-43-23-19-39-71(81)75-51-47-60-27-11-15-35-67(60)87(75)99)89(83)97-79-41-21-17-37-69(79)73-49-45-58-25-9-13-33-65(58)85(73)97/h3-55H,1-2H3. The van der Waals surface area contributed by atoms with Crippen molar-refractivity contribution >= 4 is 130 Å². The summed E-state index contributed by atoms with van der Waals surface area (Å²) >= 11 is 0. The molecule has 0 aliphatic heterocycles. The van der Waals surface area contributed by atoms with Crippen LogP contribution in [0.25, 0.3) is 198 Å².